The van der Waals surface area contributed by atoms with Crippen LogP contribution in [0.2, 0.25) is 0 Å². The van der Waals surface area contributed by atoms with E-state index in [-0.39, 0.29) is 0 Å². The van der Waals surface area contributed by atoms with E-state index in [0.717, 1.165) is 17.1 Å². The summed E-state index contributed by atoms with van der Waals surface area (Å²) >= 11 is 0. The van der Waals surface area contributed by atoms with Gasteiger partial charge in [0.2, 0.25) is 0 Å². The van der Waals surface area contributed by atoms with Crippen molar-refractivity contribution in [3.63, 3.8) is 0 Å². The fraction of sp³-hybridized carbons (Fsp3) is 0.0638. The number of hydrogen-bond acceptors (Lipinski definition) is 1. The zero-order valence-electron chi connectivity index (χ0n) is 27.0. The van der Waals surface area contributed by atoms with Gasteiger partial charge in [0.1, 0.15) is 0 Å². The van der Waals surface area contributed by atoms with E-state index in [4.69, 9.17) is 0 Å². The van der Waals surface area contributed by atoms with Crippen LogP contribution < -0.4 is 4.90 Å². The second kappa shape index (κ2) is 10.0. The summed E-state index contributed by atoms with van der Waals surface area (Å²) in [7, 11) is 0. The van der Waals surface area contributed by atoms with Crippen molar-refractivity contribution >= 4 is 38.6 Å². The summed E-state index contributed by atoms with van der Waals surface area (Å²) in [6.45, 7) is 4.29. The van der Waals surface area contributed by atoms with E-state index in [0.29, 0.717) is 0 Å². The Morgan fingerprint density at radius 1 is 0.396 bits per heavy atom. The number of fused-ring (bicyclic) bond motifs is 14. The van der Waals surface area contributed by atoms with E-state index in [2.05, 4.69) is 183 Å². The molecule has 0 heterocycles. The summed E-state index contributed by atoms with van der Waals surface area (Å²) in [5.74, 6) is 0. The van der Waals surface area contributed by atoms with Crippen molar-refractivity contribution in [2.24, 2.45) is 0 Å². The topological polar surface area (TPSA) is 3.24 Å². The third-order valence-corrected chi connectivity index (χ3v) is 10.8. The van der Waals surface area contributed by atoms with E-state index in [9.17, 15) is 0 Å². The van der Waals surface area contributed by atoms with Gasteiger partial charge >= 0.3 is 0 Å². The maximum Gasteiger partial charge on any atom is 0.0731 e. The number of hydrogen-bond donors (Lipinski definition) is 0. The molecule has 0 aromatic heterocycles. The average molecular weight is 612 g/mol. The van der Waals surface area contributed by atoms with Gasteiger partial charge in [0, 0.05) is 17.1 Å². The molecular formula is C47H33N. The molecule has 0 saturated heterocycles. The Hall–Kier alpha value is -5.92. The van der Waals surface area contributed by atoms with E-state index in [1.807, 2.05) is 0 Å². The first kappa shape index (κ1) is 27.2. The summed E-state index contributed by atoms with van der Waals surface area (Å²) in [6.07, 6.45) is 0. The summed E-state index contributed by atoms with van der Waals surface area (Å²) < 4.78 is 0. The molecule has 0 amide bonds. The number of nitrogens with zero attached hydrogens (tertiary/aromatic N) is 1. The minimum absolute atomic E-state index is 0.406. The molecule has 8 aromatic rings. The summed E-state index contributed by atoms with van der Waals surface area (Å²) in [6, 6.07) is 61.3. The van der Waals surface area contributed by atoms with E-state index in [1.165, 1.54) is 77.2 Å². The molecule has 0 bridgehead atoms. The SMILES string of the molecule is Cc1ccc(N(c2ccc(C)cc2)c2ccc3c4c(ccc3c2)-c2c(ccc3ccccc23)C42c3ccccc3-c3ccccc32)cc1. The molecule has 2 aliphatic carbocycles. The third-order valence-electron chi connectivity index (χ3n) is 10.8. The summed E-state index contributed by atoms with van der Waals surface area (Å²) in [5.41, 5.74) is 16.4. The number of rotatable bonds is 3. The lowest BCUT2D eigenvalue weighted by Gasteiger charge is -2.32. The lowest BCUT2D eigenvalue weighted by Crippen LogP contribution is -2.26. The van der Waals surface area contributed by atoms with Gasteiger partial charge < -0.3 is 4.90 Å². The van der Waals surface area contributed by atoms with Gasteiger partial charge in [-0.15, -0.1) is 0 Å². The quantitative estimate of drug-likeness (QED) is 0.192. The molecular weight excluding hydrogens is 579 g/mol. The van der Waals surface area contributed by atoms with Crippen LogP contribution in [0.15, 0.2) is 164 Å². The standard InChI is InChI=1S/C47H33N/c1-30-15-21-34(22-16-30)48(35-23-17-31(2)18-24-35)36-25-27-38-33(29-36)19-26-41-45-37-10-4-3-9-32(37)20-28-44(45)47(46(38)41)42-13-7-5-11-39(42)40-12-6-8-14-43(40)47/h3-29H,1-2H3. The Kier molecular flexibility index (Phi) is 5.69. The van der Waals surface area contributed by atoms with Gasteiger partial charge in [-0.3, -0.25) is 0 Å². The van der Waals surface area contributed by atoms with Crippen molar-refractivity contribution in [1.82, 2.24) is 0 Å². The van der Waals surface area contributed by atoms with Crippen LogP contribution in [0.3, 0.4) is 0 Å². The Morgan fingerprint density at radius 3 is 1.62 bits per heavy atom. The van der Waals surface area contributed by atoms with Gasteiger partial charge in [-0.25, -0.2) is 0 Å². The highest BCUT2D eigenvalue weighted by Crippen LogP contribution is 2.65. The van der Waals surface area contributed by atoms with Crippen LogP contribution in [-0.4, -0.2) is 0 Å². The van der Waals surface area contributed by atoms with Gasteiger partial charge in [-0.1, -0.05) is 139 Å². The van der Waals surface area contributed by atoms with Gasteiger partial charge in [0.05, 0.1) is 5.41 Å². The zero-order valence-corrected chi connectivity index (χ0v) is 27.0. The van der Waals surface area contributed by atoms with Crippen LogP contribution in [0.25, 0.3) is 43.8 Å². The van der Waals surface area contributed by atoms with Gasteiger partial charge in [-0.05, 0) is 116 Å². The lowest BCUT2D eigenvalue weighted by molar-refractivity contribution is 0.802. The highest BCUT2D eigenvalue weighted by atomic mass is 15.1. The normalized spacial score (nSPS) is 13.4. The maximum atomic E-state index is 2.41. The molecule has 0 radical (unpaired) electrons. The van der Waals surface area contributed by atoms with Crippen LogP contribution in [0.4, 0.5) is 17.1 Å². The molecule has 8 aromatic carbocycles. The smallest absolute Gasteiger partial charge is 0.0731 e. The highest BCUT2D eigenvalue weighted by Gasteiger charge is 2.52. The average Bonchev–Trinajstić information content (AvgIpc) is 3.61. The molecule has 1 heteroatoms. The Labute approximate surface area is 281 Å². The number of aryl methyl sites for hydroxylation is 2. The maximum absolute atomic E-state index is 2.41. The molecule has 48 heavy (non-hydrogen) atoms. The molecule has 1 nitrogen and oxygen atoms in total. The van der Waals surface area contributed by atoms with E-state index < -0.39 is 5.41 Å². The molecule has 226 valence electrons. The van der Waals surface area contributed by atoms with Crippen LogP contribution in [0.5, 0.6) is 0 Å². The largest absolute Gasteiger partial charge is 0.310 e. The first-order valence-corrected chi connectivity index (χ1v) is 16.9. The van der Waals surface area contributed by atoms with Crippen molar-refractivity contribution in [3.8, 4) is 22.3 Å². The third kappa shape index (κ3) is 3.62. The Balaban J connectivity index is 1.29. The molecule has 0 aliphatic heterocycles. The van der Waals surface area contributed by atoms with E-state index >= 15 is 0 Å². The molecule has 0 fully saturated rings. The zero-order chi connectivity index (χ0) is 32.0. The van der Waals surface area contributed by atoms with Crippen LogP contribution in [0, 0.1) is 13.8 Å². The van der Waals surface area contributed by atoms with Crippen molar-refractivity contribution < 1.29 is 0 Å². The Morgan fingerprint density at radius 2 is 0.958 bits per heavy atom. The molecule has 1 spiro atoms. The van der Waals surface area contributed by atoms with Gasteiger partial charge in [0.25, 0.3) is 0 Å². The molecule has 0 N–H and O–H groups in total. The monoisotopic (exact) mass is 611 g/mol. The van der Waals surface area contributed by atoms with Crippen LogP contribution in [0.1, 0.15) is 33.4 Å². The van der Waals surface area contributed by atoms with Crippen LogP contribution in [-0.2, 0) is 5.41 Å². The fourth-order valence-electron chi connectivity index (χ4n) is 8.71. The minimum atomic E-state index is -0.406. The van der Waals surface area contributed by atoms with Crippen molar-refractivity contribution in [3.05, 3.63) is 197 Å². The van der Waals surface area contributed by atoms with Crippen molar-refractivity contribution in [2.75, 3.05) is 4.90 Å². The van der Waals surface area contributed by atoms with Gasteiger partial charge in [0.15, 0.2) is 0 Å². The second-order valence-corrected chi connectivity index (χ2v) is 13.5. The Bertz CT molecular complexity index is 2480. The first-order valence-electron chi connectivity index (χ1n) is 16.9. The highest BCUT2D eigenvalue weighted by molar-refractivity contribution is 6.11. The predicted molar refractivity (Wildman–Crippen MR) is 202 cm³/mol. The lowest BCUT2D eigenvalue weighted by atomic mass is 9.69. The number of anilines is 3. The van der Waals surface area contributed by atoms with Crippen LogP contribution >= 0.6 is 0 Å². The fourth-order valence-corrected chi connectivity index (χ4v) is 8.71. The predicted octanol–water partition coefficient (Wildman–Crippen LogP) is 12.4. The van der Waals surface area contributed by atoms with Gasteiger partial charge in [-0.2, -0.15) is 0 Å². The number of benzene rings is 8. The van der Waals surface area contributed by atoms with Crippen molar-refractivity contribution in [1.29, 1.82) is 0 Å². The summed E-state index contributed by atoms with van der Waals surface area (Å²) in [5, 5.41) is 5.14. The molecule has 10 rings (SSSR count). The molecule has 0 unspecified atom stereocenters. The first-order chi connectivity index (χ1) is 23.6. The molecule has 0 atom stereocenters. The summed E-state index contributed by atoms with van der Waals surface area (Å²) in [4.78, 5) is 2.38. The molecule has 2 aliphatic rings. The van der Waals surface area contributed by atoms with Crippen molar-refractivity contribution in [2.45, 2.75) is 19.3 Å². The van der Waals surface area contributed by atoms with E-state index in [1.54, 1.807) is 0 Å². The second-order valence-electron chi connectivity index (χ2n) is 13.5. The molecule has 0 saturated carbocycles. The minimum Gasteiger partial charge on any atom is -0.310 e.